The minimum atomic E-state index is -0.940. The average Bonchev–Trinajstić information content (AvgIpc) is 3.09. The number of hydrogen-bond donors (Lipinski definition) is 0. The van der Waals surface area contributed by atoms with E-state index in [4.69, 9.17) is 0 Å². The lowest BCUT2D eigenvalue weighted by Crippen LogP contribution is -2.56. The van der Waals surface area contributed by atoms with Crippen LogP contribution >= 0.6 is 0 Å². The lowest BCUT2D eigenvalue weighted by atomic mass is 10.0. The molecule has 0 N–H and O–H groups in total. The number of carboxylic acid groups (broad SMARTS) is 1. The van der Waals surface area contributed by atoms with Gasteiger partial charge < -0.3 is 9.90 Å². The maximum atomic E-state index is 11.2. The van der Waals surface area contributed by atoms with E-state index in [1.54, 1.807) is 0 Å². The first-order chi connectivity index (χ1) is 14.6. The number of aliphatic imine (C=N–C) groups is 1. The number of aliphatic carboxylic acids is 1. The first-order valence-corrected chi connectivity index (χ1v) is 13.2. The molecular weight excluding hydrogens is 372 g/mol. The molecule has 0 bridgehead atoms. The standard InChI is InChI=1S/C26H50N2O2/c1-3-5-6-7-8-9-10-11-12-13-14-15-16-17-18-19-20-25-27-21-23-28(25,22-4-2)24-26(29)30/h3-24H2,1-2H3. The molecule has 0 radical (unpaired) electrons. The molecular formula is C26H50N2O2. The Hall–Kier alpha value is -0.900. The zero-order valence-electron chi connectivity index (χ0n) is 20.3. The van der Waals surface area contributed by atoms with Crippen LogP contribution in [0.3, 0.4) is 0 Å². The molecule has 0 fully saturated rings. The molecule has 0 amide bonds. The SMILES string of the molecule is CCCCCCCCCCCCCCCCCCC1=NCC[N+]1(CCC)CC(=O)[O-]. The van der Waals surface area contributed by atoms with Crippen molar-refractivity contribution in [3.63, 3.8) is 0 Å². The zero-order valence-corrected chi connectivity index (χ0v) is 20.3. The number of rotatable bonds is 21. The minimum absolute atomic E-state index is 0.103. The fourth-order valence-corrected chi connectivity index (χ4v) is 4.96. The Morgan fingerprint density at radius 1 is 0.767 bits per heavy atom. The van der Waals surface area contributed by atoms with Crippen molar-refractivity contribution in [2.24, 2.45) is 4.99 Å². The fraction of sp³-hybridized carbons (Fsp3) is 0.923. The third kappa shape index (κ3) is 12.1. The van der Waals surface area contributed by atoms with Crippen molar-refractivity contribution in [3.05, 3.63) is 0 Å². The second kappa shape index (κ2) is 17.7. The van der Waals surface area contributed by atoms with Crippen LogP contribution in [0.15, 0.2) is 4.99 Å². The summed E-state index contributed by atoms with van der Waals surface area (Å²) in [5.41, 5.74) is 0. The fourth-order valence-electron chi connectivity index (χ4n) is 4.96. The molecule has 1 aliphatic heterocycles. The number of quaternary nitrogens is 1. The molecule has 0 aromatic heterocycles. The summed E-state index contributed by atoms with van der Waals surface area (Å²) in [6.07, 6.45) is 24.0. The Bertz CT molecular complexity index is 464. The largest absolute Gasteiger partial charge is 0.544 e. The molecule has 0 saturated heterocycles. The number of carboxylic acids is 1. The van der Waals surface area contributed by atoms with Crippen LogP contribution in [0.2, 0.25) is 0 Å². The molecule has 4 heteroatoms. The Labute approximate surface area is 187 Å². The molecule has 0 aliphatic carbocycles. The smallest absolute Gasteiger partial charge is 0.198 e. The summed E-state index contributed by atoms with van der Waals surface area (Å²) in [7, 11) is 0. The van der Waals surface area contributed by atoms with Gasteiger partial charge in [-0.25, -0.2) is 4.99 Å². The summed E-state index contributed by atoms with van der Waals surface area (Å²) in [6.45, 7) is 7.01. The number of carbonyl (C=O) groups excluding carboxylic acids is 1. The van der Waals surface area contributed by atoms with Crippen LogP contribution in [0.4, 0.5) is 0 Å². The summed E-state index contributed by atoms with van der Waals surface area (Å²) >= 11 is 0. The van der Waals surface area contributed by atoms with Crippen LogP contribution in [0.1, 0.15) is 129 Å². The molecule has 4 nitrogen and oxygen atoms in total. The number of carbonyl (C=O) groups is 1. The van der Waals surface area contributed by atoms with Crippen molar-refractivity contribution in [1.82, 2.24) is 0 Å². The molecule has 0 saturated carbocycles. The topological polar surface area (TPSA) is 52.5 Å². The van der Waals surface area contributed by atoms with E-state index in [0.29, 0.717) is 4.48 Å². The van der Waals surface area contributed by atoms with Crippen molar-refractivity contribution in [2.45, 2.75) is 129 Å². The van der Waals surface area contributed by atoms with Crippen molar-refractivity contribution in [2.75, 3.05) is 26.2 Å². The van der Waals surface area contributed by atoms with Gasteiger partial charge in [-0.2, -0.15) is 0 Å². The van der Waals surface area contributed by atoms with Gasteiger partial charge in [0.05, 0.1) is 19.1 Å². The molecule has 1 heterocycles. The van der Waals surface area contributed by atoms with E-state index in [2.05, 4.69) is 18.8 Å². The highest BCUT2D eigenvalue weighted by Crippen LogP contribution is 2.21. The molecule has 30 heavy (non-hydrogen) atoms. The van der Waals surface area contributed by atoms with Gasteiger partial charge in [-0.1, -0.05) is 110 Å². The Morgan fingerprint density at radius 2 is 1.23 bits per heavy atom. The van der Waals surface area contributed by atoms with Crippen LogP contribution in [0.5, 0.6) is 0 Å². The molecule has 1 unspecified atom stereocenters. The number of hydrogen-bond acceptors (Lipinski definition) is 3. The van der Waals surface area contributed by atoms with Crippen molar-refractivity contribution < 1.29 is 14.4 Å². The Balaban J connectivity index is 1.95. The number of nitrogens with zero attached hydrogens (tertiary/aromatic N) is 2. The molecule has 0 aromatic carbocycles. The van der Waals surface area contributed by atoms with Crippen LogP contribution in [-0.2, 0) is 4.79 Å². The van der Waals surface area contributed by atoms with Gasteiger partial charge in [0, 0.05) is 6.42 Å². The van der Waals surface area contributed by atoms with Gasteiger partial charge in [0.2, 0.25) is 0 Å². The average molecular weight is 423 g/mol. The van der Waals surface area contributed by atoms with E-state index in [1.807, 2.05) is 0 Å². The number of amidine groups is 1. The van der Waals surface area contributed by atoms with Gasteiger partial charge in [0.15, 0.2) is 5.84 Å². The van der Waals surface area contributed by atoms with E-state index in [0.717, 1.165) is 44.7 Å². The lowest BCUT2D eigenvalue weighted by Gasteiger charge is -2.35. The van der Waals surface area contributed by atoms with E-state index < -0.39 is 5.97 Å². The maximum absolute atomic E-state index is 11.2. The highest BCUT2D eigenvalue weighted by molar-refractivity contribution is 5.79. The molecule has 0 spiro atoms. The predicted molar refractivity (Wildman–Crippen MR) is 127 cm³/mol. The zero-order chi connectivity index (χ0) is 21.9. The molecule has 1 rings (SSSR count). The van der Waals surface area contributed by atoms with E-state index in [1.165, 1.54) is 96.3 Å². The van der Waals surface area contributed by atoms with Crippen LogP contribution in [0.25, 0.3) is 0 Å². The quantitative estimate of drug-likeness (QED) is 0.168. The van der Waals surface area contributed by atoms with Crippen molar-refractivity contribution in [3.8, 4) is 0 Å². The summed E-state index contributed by atoms with van der Waals surface area (Å²) in [5, 5.41) is 11.2. The van der Waals surface area contributed by atoms with Crippen molar-refractivity contribution >= 4 is 11.8 Å². The third-order valence-electron chi connectivity index (χ3n) is 6.71. The maximum Gasteiger partial charge on any atom is 0.198 e. The van der Waals surface area contributed by atoms with Crippen LogP contribution in [0, 0.1) is 0 Å². The van der Waals surface area contributed by atoms with Crippen LogP contribution < -0.4 is 5.11 Å². The van der Waals surface area contributed by atoms with Gasteiger partial charge >= 0.3 is 0 Å². The minimum Gasteiger partial charge on any atom is -0.544 e. The third-order valence-corrected chi connectivity index (χ3v) is 6.71. The lowest BCUT2D eigenvalue weighted by molar-refractivity contribution is -0.831. The summed E-state index contributed by atoms with van der Waals surface area (Å²) < 4.78 is 0.553. The van der Waals surface area contributed by atoms with E-state index in [9.17, 15) is 9.90 Å². The predicted octanol–water partition coefficient (Wildman–Crippen LogP) is 6.03. The molecule has 0 aromatic rings. The second-order valence-corrected chi connectivity index (χ2v) is 9.47. The first kappa shape index (κ1) is 27.1. The summed E-state index contributed by atoms with van der Waals surface area (Å²) in [4.78, 5) is 15.9. The second-order valence-electron chi connectivity index (χ2n) is 9.47. The van der Waals surface area contributed by atoms with Crippen molar-refractivity contribution in [1.29, 1.82) is 0 Å². The monoisotopic (exact) mass is 422 g/mol. The first-order valence-electron chi connectivity index (χ1n) is 13.2. The molecule has 176 valence electrons. The van der Waals surface area contributed by atoms with E-state index >= 15 is 0 Å². The van der Waals surface area contributed by atoms with Gasteiger partial charge in [0.25, 0.3) is 0 Å². The Kier molecular flexibility index (Phi) is 16.1. The normalized spacial score (nSPS) is 18.7. The summed E-state index contributed by atoms with van der Waals surface area (Å²) in [6, 6.07) is 0. The summed E-state index contributed by atoms with van der Waals surface area (Å²) in [5.74, 6) is 0.177. The van der Waals surface area contributed by atoms with Crippen LogP contribution in [-0.4, -0.2) is 42.5 Å². The van der Waals surface area contributed by atoms with Gasteiger partial charge in [-0.3, -0.25) is 4.48 Å². The van der Waals surface area contributed by atoms with Gasteiger partial charge in [-0.05, 0) is 12.8 Å². The molecule has 1 atom stereocenters. The highest BCUT2D eigenvalue weighted by atomic mass is 16.4. The Morgan fingerprint density at radius 3 is 1.67 bits per heavy atom. The number of unbranched alkanes of at least 4 members (excludes halogenated alkanes) is 15. The molecule has 1 aliphatic rings. The van der Waals surface area contributed by atoms with Gasteiger partial charge in [-0.15, -0.1) is 0 Å². The van der Waals surface area contributed by atoms with E-state index in [-0.39, 0.29) is 6.54 Å². The van der Waals surface area contributed by atoms with Gasteiger partial charge in [0.1, 0.15) is 13.1 Å². The highest BCUT2D eigenvalue weighted by Gasteiger charge is 2.36.